The molecule has 0 spiro atoms. The minimum absolute atomic E-state index is 0.303. The molecule has 3 aromatic rings. The topological polar surface area (TPSA) is 55.8 Å². The Bertz CT molecular complexity index is 942. The van der Waals surface area contributed by atoms with E-state index < -0.39 is 5.97 Å². The minimum Gasteiger partial charge on any atom is -0.493 e. The molecule has 1 aliphatic rings. The van der Waals surface area contributed by atoms with Crippen molar-refractivity contribution >= 4 is 16.7 Å². The molecule has 4 nitrogen and oxygen atoms in total. The van der Waals surface area contributed by atoms with Crippen LogP contribution in [0, 0.1) is 5.92 Å². The van der Waals surface area contributed by atoms with Gasteiger partial charge in [0.2, 0.25) is 0 Å². The van der Waals surface area contributed by atoms with Gasteiger partial charge in [-0.15, -0.1) is 0 Å². The van der Waals surface area contributed by atoms with Crippen LogP contribution in [0.2, 0.25) is 0 Å². The van der Waals surface area contributed by atoms with Crippen molar-refractivity contribution in [1.82, 2.24) is 0 Å². The van der Waals surface area contributed by atoms with Crippen LogP contribution in [0.3, 0.4) is 0 Å². The number of hydrogen-bond donors (Lipinski definition) is 1. The van der Waals surface area contributed by atoms with E-state index in [4.69, 9.17) is 9.47 Å². The smallest absolute Gasteiger partial charge is 0.336 e. The quantitative estimate of drug-likeness (QED) is 0.731. The van der Waals surface area contributed by atoms with Gasteiger partial charge in [-0.3, -0.25) is 0 Å². The number of rotatable bonds is 5. The van der Waals surface area contributed by atoms with Gasteiger partial charge in [0.05, 0.1) is 18.8 Å². The molecule has 26 heavy (non-hydrogen) atoms. The van der Waals surface area contributed by atoms with Crippen LogP contribution in [0.5, 0.6) is 5.75 Å². The summed E-state index contributed by atoms with van der Waals surface area (Å²) in [6.07, 6.45) is 1.02. The third-order valence-electron chi connectivity index (χ3n) is 4.79. The molecule has 132 valence electrons. The fourth-order valence-electron chi connectivity index (χ4n) is 3.40. The maximum absolute atomic E-state index is 11.7. The predicted octanol–water partition coefficient (Wildman–Crippen LogP) is 4.62. The van der Waals surface area contributed by atoms with E-state index in [2.05, 4.69) is 0 Å². The first-order valence-corrected chi connectivity index (χ1v) is 8.78. The molecule has 0 saturated carbocycles. The zero-order chi connectivity index (χ0) is 17.9. The van der Waals surface area contributed by atoms with E-state index in [-0.39, 0.29) is 0 Å². The van der Waals surface area contributed by atoms with Crippen molar-refractivity contribution in [3.05, 3.63) is 66.2 Å². The molecule has 0 aliphatic carbocycles. The number of aromatic carboxylic acids is 1. The number of ether oxygens (including phenoxy) is 2. The number of carbonyl (C=O) groups is 1. The standard InChI is InChI=1S/C22H20O4/c23-22(24)20-12-17(11-16-5-1-2-6-18(16)20)19-7-3-4-8-21(19)26-14-15-9-10-25-13-15/h1-8,11-12,15H,9-10,13-14H2,(H,23,24). The summed E-state index contributed by atoms with van der Waals surface area (Å²) in [5.41, 5.74) is 2.05. The van der Waals surface area contributed by atoms with E-state index in [0.29, 0.717) is 18.1 Å². The molecular formula is C22H20O4. The van der Waals surface area contributed by atoms with Crippen molar-refractivity contribution < 1.29 is 19.4 Å². The molecule has 0 amide bonds. The second kappa shape index (κ2) is 7.18. The van der Waals surface area contributed by atoms with Gasteiger partial charge in [0, 0.05) is 18.1 Å². The lowest BCUT2D eigenvalue weighted by Gasteiger charge is -2.15. The van der Waals surface area contributed by atoms with E-state index in [9.17, 15) is 9.90 Å². The van der Waals surface area contributed by atoms with E-state index >= 15 is 0 Å². The highest BCUT2D eigenvalue weighted by Crippen LogP contribution is 2.34. The Kier molecular flexibility index (Phi) is 4.59. The molecule has 4 heteroatoms. The van der Waals surface area contributed by atoms with Gasteiger partial charge in [0.15, 0.2) is 0 Å². The Morgan fingerprint density at radius 1 is 1.12 bits per heavy atom. The summed E-state index contributed by atoms with van der Waals surface area (Å²) in [4.78, 5) is 11.7. The first-order chi connectivity index (χ1) is 12.7. The lowest BCUT2D eigenvalue weighted by molar-refractivity contribution is 0.0699. The maximum Gasteiger partial charge on any atom is 0.336 e. The normalized spacial score (nSPS) is 16.7. The zero-order valence-electron chi connectivity index (χ0n) is 14.4. The van der Waals surface area contributed by atoms with Crippen LogP contribution in [0.25, 0.3) is 21.9 Å². The Hall–Kier alpha value is -2.85. The Balaban J connectivity index is 1.74. The highest BCUT2D eigenvalue weighted by Gasteiger charge is 2.18. The van der Waals surface area contributed by atoms with Crippen molar-refractivity contribution in [3.8, 4) is 16.9 Å². The van der Waals surface area contributed by atoms with Crippen LogP contribution in [0.1, 0.15) is 16.8 Å². The van der Waals surface area contributed by atoms with E-state index in [1.165, 1.54) is 0 Å². The molecule has 0 bridgehead atoms. The molecule has 0 radical (unpaired) electrons. The third-order valence-corrected chi connectivity index (χ3v) is 4.79. The zero-order valence-corrected chi connectivity index (χ0v) is 14.4. The van der Waals surface area contributed by atoms with Gasteiger partial charge < -0.3 is 14.6 Å². The first kappa shape index (κ1) is 16.6. The monoisotopic (exact) mass is 348 g/mol. The molecular weight excluding hydrogens is 328 g/mol. The third kappa shape index (κ3) is 3.28. The highest BCUT2D eigenvalue weighted by molar-refractivity contribution is 6.05. The van der Waals surface area contributed by atoms with Crippen molar-refractivity contribution in [3.63, 3.8) is 0 Å². The fraction of sp³-hybridized carbons (Fsp3) is 0.227. The van der Waals surface area contributed by atoms with Gasteiger partial charge in [-0.25, -0.2) is 4.79 Å². The molecule has 1 unspecified atom stereocenters. The van der Waals surface area contributed by atoms with Gasteiger partial charge in [0.25, 0.3) is 0 Å². The summed E-state index contributed by atoms with van der Waals surface area (Å²) in [6, 6.07) is 19.1. The second-order valence-electron chi connectivity index (χ2n) is 6.59. The molecule has 1 atom stereocenters. The van der Waals surface area contributed by atoms with Gasteiger partial charge in [0.1, 0.15) is 5.75 Å². The van der Waals surface area contributed by atoms with Crippen LogP contribution >= 0.6 is 0 Å². The molecule has 3 aromatic carbocycles. The molecule has 1 aliphatic heterocycles. The van der Waals surface area contributed by atoms with Crippen LogP contribution in [0.15, 0.2) is 60.7 Å². The average molecular weight is 348 g/mol. The summed E-state index contributed by atoms with van der Waals surface area (Å²) < 4.78 is 11.5. The van der Waals surface area contributed by atoms with Gasteiger partial charge >= 0.3 is 5.97 Å². The van der Waals surface area contributed by atoms with E-state index in [0.717, 1.165) is 47.3 Å². The largest absolute Gasteiger partial charge is 0.493 e. The van der Waals surface area contributed by atoms with Gasteiger partial charge in [-0.2, -0.15) is 0 Å². The van der Waals surface area contributed by atoms with Crippen molar-refractivity contribution in [1.29, 1.82) is 0 Å². The minimum atomic E-state index is -0.926. The summed E-state index contributed by atoms with van der Waals surface area (Å²) in [7, 11) is 0. The molecule has 1 heterocycles. The van der Waals surface area contributed by atoms with Crippen LogP contribution < -0.4 is 4.74 Å². The van der Waals surface area contributed by atoms with E-state index in [1.54, 1.807) is 6.07 Å². The first-order valence-electron chi connectivity index (χ1n) is 8.78. The molecule has 4 rings (SSSR count). The lowest BCUT2D eigenvalue weighted by Crippen LogP contribution is -2.12. The van der Waals surface area contributed by atoms with Crippen LogP contribution in [0.4, 0.5) is 0 Å². The van der Waals surface area contributed by atoms with Gasteiger partial charge in [-0.1, -0.05) is 42.5 Å². The van der Waals surface area contributed by atoms with Gasteiger partial charge in [-0.05, 0) is 41.0 Å². The molecule has 1 fully saturated rings. The number of carboxylic acids is 1. The maximum atomic E-state index is 11.7. The number of benzene rings is 3. The van der Waals surface area contributed by atoms with E-state index in [1.807, 2.05) is 54.6 Å². The Morgan fingerprint density at radius 2 is 1.92 bits per heavy atom. The highest BCUT2D eigenvalue weighted by atomic mass is 16.5. The summed E-state index contributed by atoms with van der Waals surface area (Å²) in [5, 5.41) is 11.3. The molecule has 1 N–H and O–H groups in total. The number of hydrogen-bond acceptors (Lipinski definition) is 3. The Labute approximate surface area is 152 Å². The van der Waals surface area contributed by atoms with Crippen LogP contribution in [-0.4, -0.2) is 30.9 Å². The molecule has 1 saturated heterocycles. The summed E-state index contributed by atoms with van der Waals surface area (Å²) in [5.74, 6) is 0.254. The average Bonchev–Trinajstić information content (AvgIpc) is 3.19. The fourth-order valence-corrected chi connectivity index (χ4v) is 3.40. The number of fused-ring (bicyclic) bond motifs is 1. The lowest BCUT2D eigenvalue weighted by atomic mass is 9.96. The van der Waals surface area contributed by atoms with Crippen molar-refractivity contribution in [2.75, 3.05) is 19.8 Å². The second-order valence-corrected chi connectivity index (χ2v) is 6.59. The van der Waals surface area contributed by atoms with Crippen LogP contribution in [-0.2, 0) is 4.74 Å². The summed E-state index contributed by atoms with van der Waals surface area (Å²) in [6.45, 7) is 2.14. The summed E-state index contributed by atoms with van der Waals surface area (Å²) >= 11 is 0. The predicted molar refractivity (Wildman–Crippen MR) is 101 cm³/mol. The number of carboxylic acid groups (broad SMARTS) is 1. The SMILES string of the molecule is O=C(O)c1cc(-c2ccccc2OCC2CCOC2)cc2ccccc12. The van der Waals surface area contributed by atoms with Crippen molar-refractivity contribution in [2.24, 2.45) is 5.92 Å². The Morgan fingerprint density at radius 3 is 2.73 bits per heavy atom. The number of para-hydroxylation sites is 1. The molecule has 0 aromatic heterocycles. The van der Waals surface area contributed by atoms with Crippen molar-refractivity contribution in [2.45, 2.75) is 6.42 Å².